The second-order valence-electron chi connectivity index (χ2n) is 3.24. The maximum atomic E-state index is 10.2. The average Bonchev–Trinajstić information content (AvgIpc) is 2.03. The minimum atomic E-state index is -0.914. The van der Waals surface area contributed by atoms with Crippen molar-refractivity contribution in [2.45, 2.75) is 25.4 Å². The highest BCUT2D eigenvalue weighted by Crippen LogP contribution is 2.23. The van der Waals surface area contributed by atoms with E-state index < -0.39 is 5.97 Å². The van der Waals surface area contributed by atoms with Crippen LogP contribution in [0.2, 0.25) is 0 Å². The van der Waals surface area contributed by atoms with Crippen LogP contribution in [0.25, 0.3) is 0 Å². The van der Waals surface area contributed by atoms with Gasteiger partial charge in [-0.1, -0.05) is 0 Å². The van der Waals surface area contributed by atoms with E-state index in [4.69, 9.17) is 14.6 Å². The monoisotopic (exact) mass is 174 g/mol. The van der Waals surface area contributed by atoms with Gasteiger partial charge in [0.25, 0.3) is 0 Å². The van der Waals surface area contributed by atoms with Crippen LogP contribution in [0.1, 0.15) is 19.8 Å². The molecule has 1 heterocycles. The highest BCUT2D eigenvalue weighted by Gasteiger charge is 2.28. The van der Waals surface area contributed by atoms with Crippen molar-refractivity contribution in [2.75, 3.05) is 19.8 Å². The first kappa shape index (κ1) is 9.48. The summed E-state index contributed by atoms with van der Waals surface area (Å²) in [7, 11) is 0. The Morgan fingerprint density at radius 3 is 2.67 bits per heavy atom. The maximum Gasteiger partial charge on any atom is 0.329 e. The van der Waals surface area contributed by atoms with Gasteiger partial charge in [-0.15, -0.1) is 0 Å². The summed E-state index contributed by atoms with van der Waals surface area (Å²) in [6, 6.07) is 0. The first-order chi connectivity index (χ1) is 5.62. The summed E-state index contributed by atoms with van der Waals surface area (Å²) in [4.78, 5) is 10.2. The second-order valence-corrected chi connectivity index (χ2v) is 3.24. The third kappa shape index (κ3) is 2.79. The summed E-state index contributed by atoms with van der Waals surface area (Å²) in [6.45, 7) is 3.04. The summed E-state index contributed by atoms with van der Waals surface area (Å²) in [6.07, 6.45) is 1.56. The van der Waals surface area contributed by atoms with E-state index in [0.29, 0.717) is 13.2 Å². The molecule has 0 radical (unpaired) electrons. The third-order valence-corrected chi connectivity index (χ3v) is 2.09. The Kier molecular flexibility index (Phi) is 3.05. The van der Waals surface area contributed by atoms with Crippen molar-refractivity contribution < 1.29 is 19.4 Å². The highest BCUT2D eigenvalue weighted by molar-refractivity contribution is 5.68. The smallest absolute Gasteiger partial charge is 0.329 e. The van der Waals surface area contributed by atoms with Crippen molar-refractivity contribution in [1.82, 2.24) is 0 Å². The number of carboxylic acid groups (broad SMARTS) is 1. The van der Waals surface area contributed by atoms with E-state index in [-0.39, 0.29) is 12.2 Å². The van der Waals surface area contributed by atoms with Crippen molar-refractivity contribution in [3.05, 3.63) is 0 Å². The molecular weight excluding hydrogens is 160 g/mol. The molecule has 12 heavy (non-hydrogen) atoms. The molecule has 4 nitrogen and oxygen atoms in total. The SMILES string of the molecule is CC1(OCC(=O)O)CCOCC1. The van der Waals surface area contributed by atoms with Crippen LogP contribution < -0.4 is 0 Å². The van der Waals surface area contributed by atoms with Crippen LogP contribution in [0.15, 0.2) is 0 Å². The quantitative estimate of drug-likeness (QED) is 0.682. The van der Waals surface area contributed by atoms with Crippen LogP contribution in [0.3, 0.4) is 0 Å². The largest absolute Gasteiger partial charge is 0.480 e. The summed E-state index contributed by atoms with van der Waals surface area (Å²) in [5.74, 6) is -0.914. The summed E-state index contributed by atoms with van der Waals surface area (Å²) < 4.78 is 10.4. The fourth-order valence-electron chi connectivity index (χ4n) is 1.18. The van der Waals surface area contributed by atoms with Gasteiger partial charge in [-0.3, -0.25) is 0 Å². The van der Waals surface area contributed by atoms with Crippen molar-refractivity contribution in [1.29, 1.82) is 0 Å². The van der Waals surface area contributed by atoms with Crippen LogP contribution in [-0.4, -0.2) is 36.5 Å². The van der Waals surface area contributed by atoms with Gasteiger partial charge in [-0.05, 0) is 19.8 Å². The molecule has 0 atom stereocenters. The van der Waals surface area contributed by atoms with Crippen molar-refractivity contribution >= 4 is 5.97 Å². The van der Waals surface area contributed by atoms with Gasteiger partial charge in [0.1, 0.15) is 6.61 Å². The molecule has 4 heteroatoms. The van der Waals surface area contributed by atoms with Crippen molar-refractivity contribution in [2.24, 2.45) is 0 Å². The molecule has 70 valence electrons. The molecule has 1 rings (SSSR count). The molecule has 1 fully saturated rings. The lowest BCUT2D eigenvalue weighted by Gasteiger charge is -2.32. The minimum absolute atomic E-state index is 0.212. The fraction of sp³-hybridized carbons (Fsp3) is 0.875. The summed E-state index contributed by atoms with van der Waals surface area (Å²) >= 11 is 0. The number of carboxylic acids is 1. The molecule has 0 spiro atoms. The summed E-state index contributed by atoms with van der Waals surface area (Å²) in [5.41, 5.74) is -0.295. The third-order valence-electron chi connectivity index (χ3n) is 2.09. The minimum Gasteiger partial charge on any atom is -0.480 e. The standard InChI is InChI=1S/C8H14O4/c1-8(12-6-7(9)10)2-4-11-5-3-8/h2-6H2,1H3,(H,9,10). The van der Waals surface area contributed by atoms with E-state index >= 15 is 0 Å². The molecular formula is C8H14O4. The predicted octanol–water partition coefficient (Wildman–Crippen LogP) is 0.657. The Bertz CT molecular complexity index is 160. The van der Waals surface area contributed by atoms with E-state index in [9.17, 15) is 4.79 Å². The molecule has 1 aliphatic heterocycles. The van der Waals surface area contributed by atoms with E-state index in [1.807, 2.05) is 6.92 Å². The van der Waals surface area contributed by atoms with E-state index in [1.165, 1.54) is 0 Å². The van der Waals surface area contributed by atoms with Gasteiger partial charge in [-0.25, -0.2) is 4.79 Å². The molecule has 1 N–H and O–H groups in total. The molecule has 1 aliphatic rings. The molecule has 0 aromatic carbocycles. The van der Waals surface area contributed by atoms with Crippen LogP contribution in [-0.2, 0) is 14.3 Å². The van der Waals surface area contributed by atoms with Gasteiger partial charge in [0.15, 0.2) is 0 Å². The number of carbonyl (C=O) groups is 1. The zero-order valence-corrected chi connectivity index (χ0v) is 7.21. The molecule has 0 saturated carbocycles. The maximum absolute atomic E-state index is 10.2. The lowest BCUT2D eigenvalue weighted by atomic mass is 9.97. The topological polar surface area (TPSA) is 55.8 Å². The van der Waals surface area contributed by atoms with Crippen LogP contribution in [0, 0.1) is 0 Å². The van der Waals surface area contributed by atoms with E-state index in [2.05, 4.69) is 0 Å². The predicted molar refractivity (Wildman–Crippen MR) is 42.0 cm³/mol. The first-order valence-electron chi connectivity index (χ1n) is 4.06. The van der Waals surface area contributed by atoms with Gasteiger partial charge in [-0.2, -0.15) is 0 Å². The molecule has 0 aromatic heterocycles. The molecule has 1 saturated heterocycles. The molecule has 0 unspecified atom stereocenters. The number of hydrogen-bond donors (Lipinski definition) is 1. The lowest BCUT2D eigenvalue weighted by Crippen LogP contribution is -2.37. The number of rotatable bonds is 3. The van der Waals surface area contributed by atoms with Gasteiger partial charge < -0.3 is 14.6 Å². The Labute approximate surface area is 71.5 Å². The zero-order chi connectivity index (χ0) is 9.03. The zero-order valence-electron chi connectivity index (χ0n) is 7.21. The van der Waals surface area contributed by atoms with Crippen molar-refractivity contribution in [3.63, 3.8) is 0 Å². The van der Waals surface area contributed by atoms with Crippen molar-refractivity contribution in [3.8, 4) is 0 Å². The Morgan fingerprint density at radius 1 is 1.58 bits per heavy atom. The normalized spacial score (nSPS) is 22.1. The van der Waals surface area contributed by atoms with E-state index in [0.717, 1.165) is 12.8 Å². The molecule has 0 aromatic rings. The van der Waals surface area contributed by atoms with E-state index in [1.54, 1.807) is 0 Å². The highest BCUT2D eigenvalue weighted by atomic mass is 16.5. The Morgan fingerprint density at radius 2 is 2.17 bits per heavy atom. The first-order valence-corrected chi connectivity index (χ1v) is 4.06. The second kappa shape index (κ2) is 3.87. The average molecular weight is 174 g/mol. The Balaban J connectivity index is 2.31. The van der Waals surface area contributed by atoms with Gasteiger partial charge in [0.05, 0.1) is 5.60 Å². The number of aliphatic carboxylic acids is 1. The number of ether oxygens (including phenoxy) is 2. The lowest BCUT2D eigenvalue weighted by molar-refractivity contribution is -0.155. The van der Waals surface area contributed by atoms with Gasteiger partial charge in [0, 0.05) is 13.2 Å². The van der Waals surface area contributed by atoms with Crippen LogP contribution >= 0.6 is 0 Å². The van der Waals surface area contributed by atoms with Crippen LogP contribution in [0.5, 0.6) is 0 Å². The molecule has 0 amide bonds. The number of hydrogen-bond acceptors (Lipinski definition) is 3. The van der Waals surface area contributed by atoms with Gasteiger partial charge in [0.2, 0.25) is 0 Å². The molecule has 0 aliphatic carbocycles. The summed E-state index contributed by atoms with van der Waals surface area (Å²) in [5, 5.41) is 8.40. The van der Waals surface area contributed by atoms with Gasteiger partial charge >= 0.3 is 5.97 Å². The fourth-order valence-corrected chi connectivity index (χ4v) is 1.18. The van der Waals surface area contributed by atoms with Crippen LogP contribution in [0.4, 0.5) is 0 Å². The Hall–Kier alpha value is -0.610. The molecule has 0 bridgehead atoms.